The van der Waals surface area contributed by atoms with Crippen LogP contribution < -0.4 is 5.73 Å². The van der Waals surface area contributed by atoms with Crippen LogP contribution in [0.15, 0.2) is 34.2 Å². The molecular formula is C14H22N4O2S. The fourth-order valence-electron chi connectivity index (χ4n) is 2.01. The van der Waals surface area contributed by atoms with E-state index >= 15 is 0 Å². The molecule has 0 saturated heterocycles. The standard InChI is InChI=1S/C14H22N4O2S/c1-17(2)21(19,20)13-7-5-4-6-11(13)10-16-14(15)18(3)12-8-9-12/h4-7,12H,8-10H2,1-3H3,(H2,15,16). The Labute approximate surface area is 126 Å². The van der Waals surface area contributed by atoms with E-state index in [9.17, 15) is 8.42 Å². The van der Waals surface area contributed by atoms with Crippen LogP contribution in [-0.2, 0) is 16.6 Å². The molecule has 0 atom stereocenters. The molecule has 0 aromatic heterocycles. The van der Waals surface area contributed by atoms with E-state index in [1.807, 2.05) is 11.9 Å². The summed E-state index contributed by atoms with van der Waals surface area (Å²) in [6.45, 7) is 0.256. The van der Waals surface area contributed by atoms with E-state index in [0.29, 0.717) is 17.6 Å². The van der Waals surface area contributed by atoms with Crippen molar-refractivity contribution < 1.29 is 8.42 Å². The summed E-state index contributed by atoms with van der Waals surface area (Å²) in [5, 5.41) is 0. The lowest BCUT2D eigenvalue weighted by Gasteiger charge is -2.18. The van der Waals surface area contributed by atoms with Crippen LogP contribution in [0.4, 0.5) is 0 Å². The van der Waals surface area contributed by atoms with Crippen molar-refractivity contribution in [3.05, 3.63) is 29.8 Å². The van der Waals surface area contributed by atoms with Crippen molar-refractivity contribution in [1.29, 1.82) is 0 Å². The zero-order valence-corrected chi connectivity index (χ0v) is 13.5. The lowest BCUT2D eigenvalue weighted by Crippen LogP contribution is -2.35. The maximum atomic E-state index is 12.3. The molecule has 0 bridgehead atoms. The topological polar surface area (TPSA) is 79.0 Å². The molecule has 6 nitrogen and oxygen atoms in total. The molecule has 1 saturated carbocycles. The molecule has 7 heteroatoms. The Bertz CT molecular complexity index is 636. The summed E-state index contributed by atoms with van der Waals surface area (Å²) in [6, 6.07) is 7.36. The summed E-state index contributed by atoms with van der Waals surface area (Å²) < 4.78 is 25.8. The van der Waals surface area contributed by atoms with Gasteiger partial charge in [0.05, 0.1) is 11.4 Å². The Kier molecular flexibility index (Phi) is 4.53. The maximum Gasteiger partial charge on any atom is 0.242 e. The predicted molar refractivity (Wildman–Crippen MR) is 83.4 cm³/mol. The van der Waals surface area contributed by atoms with Crippen molar-refractivity contribution in [2.45, 2.75) is 30.3 Å². The van der Waals surface area contributed by atoms with Crippen LogP contribution in [0.2, 0.25) is 0 Å². The molecule has 0 unspecified atom stereocenters. The van der Waals surface area contributed by atoms with Gasteiger partial charge >= 0.3 is 0 Å². The van der Waals surface area contributed by atoms with Gasteiger partial charge in [0.25, 0.3) is 0 Å². The molecule has 0 radical (unpaired) electrons. The van der Waals surface area contributed by atoms with Crippen molar-refractivity contribution in [2.75, 3.05) is 21.1 Å². The molecule has 1 aliphatic carbocycles. The number of benzene rings is 1. The Morgan fingerprint density at radius 3 is 2.48 bits per heavy atom. The van der Waals surface area contributed by atoms with Crippen molar-refractivity contribution in [2.24, 2.45) is 10.7 Å². The zero-order chi connectivity index (χ0) is 15.6. The van der Waals surface area contributed by atoms with E-state index in [2.05, 4.69) is 4.99 Å². The highest BCUT2D eigenvalue weighted by Gasteiger charge is 2.27. The molecular weight excluding hydrogens is 288 g/mol. The second-order valence-electron chi connectivity index (χ2n) is 5.41. The van der Waals surface area contributed by atoms with Crippen LogP contribution in [-0.4, -0.2) is 50.8 Å². The third-order valence-electron chi connectivity index (χ3n) is 3.60. The minimum Gasteiger partial charge on any atom is -0.370 e. The van der Waals surface area contributed by atoms with E-state index in [1.165, 1.54) is 18.4 Å². The van der Waals surface area contributed by atoms with Crippen LogP contribution in [0.25, 0.3) is 0 Å². The quantitative estimate of drug-likeness (QED) is 0.646. The lowest BCUT2D eigenvalue weighted by atomic mass is 10.2. The summed E-state index contributed by atoms with van der Waals surface area (Å²) in [5.74, 6) is 0.453. The fraction of sp³-hybridized carbons (Fsp3) is 0.500. The van der Waals surface area contributed by atoms with Crippen LogP contribution in [0.3, 0.4) is 0 Å². The Morgan fingerprint density at radius 2 is 1.90 bits per heavy atom. The van der Waals surface area contributed by atoms with Gasteiger partial charge in [-0.25, -0.2) is 17.7 Å². The molecule has 0 spiro atoms. The normalized spacial score (nSPS) is 16.3. The molecule has 2 rings (SSSR count). The zero-order valence-electron chi connectivity index (χ0n) is 12.7. The van der Waals surface area contributed by atoms with Crippen molar-refractivity contribution in [3.8, 4) is 0 Å². The highest BCUT2D eigenvalue weighted by molar-refractivity contribution is 7.89. The van der Waals surface area contributed by atoms with Crippen LogP contribution in [0.5, 0.6) is 0 Å². The van der Waals surface area contributed by atoms with E-state index in [0.717, 1.165) is 12.8 Å². The molecule has 2 N–H and O–H groups in total. The summed E-state index contributed by atoms with van der Waals surface area (Å²) in [6.07, 6.45) is 2.27. The van der Waals surface area contributed by atoms with Crippen molar-refractivity contribution in [1.82, 2.24) is 9.21 Å². The first kappa shape index (κ1) is 15.8. The Hall–Kier alpha value is -1.60. The van der Waals surface area contributed by atoms with Crippen LogP contribution >= 0.6 is 0 Å². The van der Waals surface area contributed by atoms with Gasteiger partial charge in [-0.2, -0.15) is 0 Å². The largest absolute Gasteiger partial charge is 0.370 e. The number of sulfonamides is 1. The van der Waals surface area contributed by atoms with Gasteiger partial charge in [0.2, 0.25) is 10.0 Å². The number of nitrogens with two attached hydrogens (primary N) is 1. The van der Waals surface area contributed by atoms with Gasteiger partial charge in [-0.15, -0.1) is 0 Å². The van der Waals surface area contributed by atoms with Gasteiger partial charge in [0.1, 0.15) is 0 Å². The first-order chi connectivity index (χ1) is 9.84. The summed E-state index contributed by atoms with van der Waals surface area (Å²) in [4.78, 5) is 6.55. The van der Waals surface area contributed by atoms with Crippen LogP contribution in [0.1, 0.15) is 18.4 Å². The van der Waals surface area contributed by atoms with Crippen LogP contribution in [0, 0.1) is 0 Å². The number of nitrogens with zero attached hydrogens (tertiary/aromatic N) is 3. The molecule has 1 fully saturated rings. The van der Waals surface area contributed by atoms with Gasteiger partial charge in [-0.3, -0.25) is 0 Å². The average Bonchev–Trinajstić information content (AvgIpc) is 3.28. The van der Waals surface area contributed by atoms with E-state index in [4.69, 9.17) is 5.73 Å². The lowest BCUT2D eigenvalue weighted by molar-refractivity contribution is 0.487. The first-order valence-electron chi connectivity index (χ1n) is 6.87. The molecule has 0 amide bonds. The molecule has 1 aromatic rings. The Balaban J connectivity index is 2.23. The minimum atomic E-state index is -3.47. The van der Waals surface area contributed by atoms with Gasteiger partial charge in [-0.1, -0.05) is 18.2 Å². The number of hydrogen-bond donors (Lipinski definition) is 1. The SMILES string of the molecule is CN(C(N)=NCc1ccccc1S(=O)(=O)N(C)C)C1CC1. The molecule has 1 aromatic carbocycles. The average molecular weight is 310 g/mol. The number of rotatable bonds is 5. The summed E-state index contributed by atoms with van der Waals surface area (Å²) in [7, 11) is 1.48. The third kappa shape index (κ3) is 3.54. The first-order valence-corrected chi connectivity index (χ1v) is 8.31. The van der Waals surface area contributed by atoms with E-state index < -0.39 is 10.0 Å². The van der Waals surface area contributed by atoms with E-state index in [-0.39, 0.29) is 11.4 Å². The third-order valence-corrected chi connectivity index (χ3v) is 5.51. The van der Waals surface area contributed by atoms with Gasteiger partial charge < -0.3 is 10.6 Å². The maximum absolute atomic E-state index is 12.3. The van der Waals surface area contributed by atoms with Gasteiger partial charge in [-0.05, 0) is 24.5 Å². The minimum absolute atomic E-state index is 0.256. The second kappa shape index (κ2) is 6.03. The van der Waals surface area contributed by atoms with Gasteiger partial charge in [0, 0.05) is 27.2 Å². The Morgan fingerprint density at radius 1 is 1.29 bits per heavy atom. The highest BCUT2D eigenvalue weighted by Crippen LogP contribution is 2.25. The molecule has 1 aliphatic rings. The monoisotopic (exact) mass is 310 g/mol. The predicted octanol–water partition coefficient (Wildman–Crippen LogP) is 0.846. The second-order valence-corrected chi connectivity index (χ2v) is 7.53. The number of guanidine groups is 1. The number of hydrogen-bond acceptors (Lipinski definition) is 3. The van der Waals surface area contributed by atoms with Gasteiger partial charge in [0.15, 0.2) is 5.96 Å². The summed E-state index contributed by atoms with van der Waals surface area (Å²) in [5.41, 5.74) is 6.59. The van der Waals surface area contributed by atoms with Crippen molar-refractivity contribution in [3.63, 3.8) is 0 Å². The van der Waals surface area contributed by atoms with Crippen molar-refractivity contribution >= 4 is 16.0 Å². The highest BCUT2D eigenvalue weighted by atomic mass is 32.2. The number of aliphatic imine (C=N–C) groups is 1. The molecule has 0 aliphatic heterocycles. The summed E-state index contributed by atoms with van der Waals surface area (Å²) >= 11 is 0. The van der Waals surface area contributed by atoms with E-state index in [1.54, 1.807) is 24.3 Å². The smallest absolute Gasteiger partial charge is 0.242 e. The molecule has 0 heterocycles. The molecule has 116 valence electrons. The molecule has 21 heavy (non-hydrogen) atoms. The fourth-order valence-corrected chi connectivity index (χ4v) is 3.12.